The van der Waals surface area contributed by atoms with Crippen LogP contribution in [0, 0.1) is 35.0 Å². The molecule has 0 aliphatic heterocycles. The molecule has 0 amide bonds. The average molecular weight is 344 g/mol. The lowest BCUT2D eigenvalue weighted by molar-refractivity contribution is -0.151. The summed E-state index contributed by atoms with van der Waals surface area (Å²) in [6, 6.07) is 0. The van der Waals surface area contributed by atoms with Crippen molar-refractivity contribution in [1.82, 2.24) is 0 Å². The molecule has 3 saturated carbocycles. The molecule has 0 radical (unpaired) electrons. The minimum absolute atomic E-state index is 0.126. The van der Waals surface area contributed by atoms with Crippen molar-refractivity contribution < 1.29 is 14.3 Å². The zero-order valence-corrected chi connectivity index (χ0v) is 15.9. The molecule has 0 spiro atoms. The highest BCUT2D eigenvalue weighted by molar-refractivity contribution is 5.95. The molecule has 25 heavy (non-hydrogen) atoms. The van der Waals surface area contributed by atoms with E-state index in [-0.39, 0.29) is 17.5 Å². The lowest BCUT2D eigenvalue weighted by Crippen LogP contribution is -2.49. The number of carbonyl (C=O) groups excluding carboxylic acids is 2. The molecular weight excluding hydrogens is 312 g/mol. The van der Waals surface area contributed by atoms with E-state index in [4.69, 9.17) is 4.74 Å². The maximum absolute atomic E-state index is 12.1. The predicted octanol–water partition coefficient (Wildman–Crippen LogP) is 4.70. The van der Waals surface area contributed by atoms with Gasteiger partial charge in [-0.25, -0.2) is 0 Å². The van der Waals surface area contributed by atoms with Crippen molar-refractivity contribution in [2.24, 2.45) is 35.0 Å². The number of hydrogen-bond donors (Lipinski definition) is 0. The Morgan fingerprint density at radius 1 is 1.04 bits per heavy atom. The van der Waals surface area contributed by atoms with Crippen molar-refractivity contribution in [2.75, 3.05) is 0 Å². The first-order valence-corrected chi connectivity index (χ1v) is 10.3. The number of rotatable bonds is 2. The first kappa shape index (κ1) is 17.3. The molecule has 0 unspecified atom stereocenters. The normalized spacial score (nSPS) is 45.6. The fourth-order valence-electron chi connectivity index (χ4n) is 7.27. The summed E-state index contributed by atoms with van der Waals surface area (Å²) in [5.41, 5.74) is 1.26. The van der Waals surface area contributed by atoms with Gasteiger partial charge in [0.15, 0.2) is 5.78 Å². The second kappa shape index (κ2) is 6.25. The minimum atomic E-state index is -0.126. The van der Waals surface area contributed by atoms with Gasteiger partial charge in [-0.15, -0.1) is 0 Å². The van der Waals surface area contributed by atoms with Gasteiger partial charge < -0.3 is 4.74 Å². The van der Waals surface area contributed by atoms with Gasteiger partial charge in [0.05, 0.1) is 0 Å². The quantitative estimate of drug-likeness (QED) is 0.682. The average Bonchev–Trinajstić information content (AvgIpc) is 2.91. The molecule has 0 saturated heterocycles. The van der Waals surface area contributed by atoms with Crippen LogP contribution in [0.1, 0.15) is 72.1 Å². The summed E-state index contributed by atoms with van der Waals surface area (Å²) in [5, 5.41) is 0. The van der Waals surface area contributed by atoms with Crippen molar-refractivity contribution in [3.05, 3.63) is 11.6 Å². The monoisotopic (exact) mass is 344 g/mol. The van der Waals surface area contributed by atoms with Gasteiger partial charge in [0.1, 0.15) is 6.10 Å². The Balaban J connectivity index is 1.48. The highest BCUT2D eigenvalue weighted by atomic mass is 16.5. The molecule has 0 aromatic rings. The zero-order valence-electron chi connectivity index (χ0n) is 15.9. The Kier molecular flexibility index (Phi) is 4.32. The third-order valence-corrected chi connectivity index (χ3v) is 8.20. The molecule has 3 nitrogen and oxygen atoms in total. The third-order valence-electron chi connectivity index (χ3n) is 8.20. The van der Waals surface area contributed by atoms with Crippen LogP contribution in [0.15, 0.2) is 11.6 Å². The lowest BCUT2D eigenvalue weighted by atomic mass is 9.49. The molecule has 0 heterocycles. The number of ketones is 1. The van der Waals surface area contributed by atoms with E-state index in [0.717, 1.165) is 48.5 Å². The summed E-state index contributed by atoms with van der Waals surface area (Å²) >= 11 is 0. The Bertz CT molecular complexity index is 606. The summed E-state index contributed by atoms with van der Waals surface area (Å²) in [7, 11) is 0. The molecule has 0 bridgehead atoms. The van der Waals surface area contributed by atoms with Gasteiger partial charge in [-0.1, -0.05) is 13.0 Å². The summed E-state index contributed by atoms with van der Waals surface area (Å²) in [4.78, 5) is 23.4. The number of esters is 1. The van der Waals surface area contributed by atoms with Crippen molar-refractivity contribution in [3.8, 4) is 0 Å². The van der Waals surface area contributed by atoms with E-state index < -0.39 is 0 Å². The van der Waals surface area contributed by atoms with Crippen molar-refractivity contribution in [3.63, 3.8) is 0 Å². The van der Waals surface area contributed by atoms with E-state index in [1.54, 1.807) is 6.92 Å². The summed E-state index contributed by atoms with van der Waals surface area (Å²) in [5.74, 6) is 4.02. The molecule has 4 aliphatic carbocycles. The van der Waals surface area contributed by atoms with Gasteiger partial charge in [0.2, 0.25) is 0 Å². The van der Waals surface area contributed by atoms with Crippen LogP contribution in [0.3, 0.4) is 0 Å². The SMILES string of the molecule is CC(=O)O[C@@H]1CC[C@H]2[C@@H](CC[C@@H]3[C@@H]2CC[C@]2(C)C(C(C)=O)=CC[C@@H]32)C1. The fourth-order valence-corrected chi connectivity index (χ4v) is 7.27. The molecule has 4 aliphatic rings. The summed E-state index contributed by atoms with van der Waals surface area (Å²) in [6.45, 7) is 5.64. The molecule has 138 valence electrons. The Morgan fingerprint density at radius 2 is 1.80 bits per heavy atom. The Labute approximate surface area is 151 Å². The second-order valence-corrected chi connectivity index (χ2v) is 9.35. The van der Waals surface area contributed by atoms with E-state index >= 15 is 0 Å². The van der Waals surface area contributed by atoms with Crippen LogP contribution >= 0.6 is 0 Å². The molecule has 0 N–H and O–H groups in total. The van der Waals surface area contributed by atoms with Crippen molar-refractivity contribution in [1.29, 1.82) is 0 Å². The largest absolute Gasteiger partial charge is 0.463 e. The maximum atomic E-state index is 12.1. The van der Waals surface area contributed by atoms with Gasteiger partial charge in [0, 0.05) is 6.92 Å². The van der Waals surface area contributed by atoms with Crippen LogP contribution in [0.2, 0.25) is 0 Å². The minimum Gasteiger partial charge on any atom is -0.463 e. The topological polar surface area (TPSA) is 43.4 Å². The fraction of sp³-hybridized carbons (Fsp3) is 0.818. The number of hydrogen-bond acceptors (Lipinski definition) is 3. The molecule has 3 heteroatoms. The smallest absolute Gasteiger partial charge is 0.302 e. The van der Waals surface area contributed by atoms with Crippen LogP contribution < -0.4 is 0 Å². The summed E-state index contributed by atoms with van der Waals surface area (Å²) < 4.78 is 5.52. The van der Waals surface area contributed by atoms with E-state index in [1.165, 1.54) is 39.0 Å². The Hall–Kier alpha value is -1.12. The number of fused-ring (bicyclic) bond motifs is 5. The van der Waals surface area contributed by atoms with Gasteiger partial charge in [0.25, 0.3) is 0 Å². The van der Waals surface area contributed by atoms with Crippen LogP contribution in [0.4, 0.5) is 0 Å². The molecule has 7 atom stereocenters. The van der Waals surface area contributed by atoms with Gasteiger partial charge in [-0.2, -0.15) is 0 Å². The summed E-state index contributed by atoms with van der Waals surface area (Å²) in [6.07, 6.45) is 11.9. The predicted molar refractivity (Wildman–Crippen MR) is 96.8 cm³/mol. The second-order valence-electron chi connectivity index (χ2n) is 9.35. The van der Waals surface area contributed by atoms with Crippen molar-refractivity contribution in [2.45, 2.75) is 78.2 Å². The standard InChI is InChI=1S/C22H32O3/c1-13(23)20-8-9-21-19-6-4-15-12-16(25-14(2)24)5-7-17(15)18(19)10-11-22(20,21)3/h8,15-19,21H,4-7,9-12H2,1-3H3/t15-,16+,17-,18+,19+,21-,22+/m0/s1. The van der Waals surface area contributed by atoms with Crippen molar-refractivity contribution >= 4 is 11.8 Å². The van der Waals surface area contributed by atoms with Gasteiger partial charge in [-0.05, 0) is 98.9 Å². The highest BCUT2D eigenvalue weighted by Crippen LogP contribution is 2.62. The first-order chi connectivity index (χ1) is 11.9. The van der Waals surface area contributed by atoms with Gasteiger partial charge >= 0.3 is 5.97 Å². The molecular formula is C22H32O3. The van der Waals surface area contributed by atoms with Crippen LogP contribution in [-0.4, -0.2) is 17.9 Å². The zero-order chi connectivity index (χ0) is 17.8. The van der Waals surface area contributed by atoms with Crippen LogP contribution in [0.25, 0.3) is 0 Å². The number of ether oxygens (including phenoxy) is 1. The van der Waals surface area contributed by atoms with Gasteiger partial charge in [-0.3, -0.25) is 9.59 Å². The number of carbonyl (C=O) groups is 2. The van der Waals surface area contributed by atoms with E-state index in [1.807, 2.05) is 0 Å². The first-order valence-electron chi connectivity index (χ1n) is 10.3. The molecule has 0 aromatic carbocycles. The maximum Gasteiger partial charge on any atom is 0.302 e. The number of Topliss-reactive ketones (excluding diaryl/α,β-unsaturated/α-hetero) is 1. The highest BCUT2D eigenvalue weighted by Gasteiger charge is 2.55. The van der Waals surface area contributed by atoms with Crippen LogP contribution in [-0.2, 0) is 14.3 Å². The van der Waals surface area contributed by atoms with Crippen LogP contribution in [0.5, 0.6) is 0 Å². The van der Waals surface area contributed by atoms with E-state index in [2.05, 4.69) is 13.0 Å². The number of allylic oxidation sites excluding steroid dienone is 2. The van der Waals surface area contributed by atoms with E-state index in [9.17, 15) is 9.59 Å². The van der Waals surface area contributed by atoms with E-state index in [0.29, 0.717) is 11.7 Å². The molecule has 3 fully saturated rings. The lowest BCUT2D eigenvalue weighted by Gasteiger charge is -2.55. The molecule has 0 aromatic heterocycles. The molecule has 4 rings (SSSR count). The third kappa shape index (κ3) is 2.78. The Morgan fingerprint density at radius 3 is 2.52 bits per heavy atom.